The lowest BCUT2D eigenvalue weighted by Crippen LogP contribution is -2.31. The van der Waals surface area contributed by atoms with Crippen LogP contribution in [0.5, 0.6) is 0 Å². The highest BCUT2D eigenvalue weighted by Crippen LogP contribution is 2.01. The normalized spacial score (nSPS) is 11.5. The molecule has 5 N–H and O–H groups in total. The fourth-order valence-corrected chi connectivity index (χ4v) is 1.06. The van der Waals surface area contributed by atoms with Gasteiger partial charge in [-0.1, -0.05) is 32.0 Å². The van der Waals surface area contributed by atoms with Crippen molar-refractivity contribution in [3.8, 4) is 0 Å². The molecule has 4 nitrogen and oxygen atoms in total. The topological polar surface area (TPSA) is 89.3 Å². The summed E-state index contributed by atoms with van der Waals surface area (Å²) in [6.07, 6.45) is 0.551. The molecule has 90 valence electrons. The van der Waals surface area contributed by atoms with Gasteiger partial charge < -0.3 is 16.6 Å². The third-order valence-corrected chi connectivity index (χ3v) is 1.84. The number of aliphatic carboxylic acids is 1. The number of nitrogens with two attached hydrogens (primary N) is 2. The van der Waals surface area contributed by atoms with E-state index in [1.54, 1.807) is 0 Å². The molecule has 16 heavy (non-hydrogen) atoms. The summed E-state index contributed by atoms with van der Waals surface area (Å²) in [5.41, 5.74) is 11.4. The Balaban J connectivity index is 0.000000288. The Morgan fingerprint density at radius 1 is 1.31 bits per heavy atom. The summed E-state index contributed by atoms with van der Waals surface area (Å²) in [7, 11) is 0. The van der Waals surface area contributed by atoms with Gasteiger partial charge in [0.25, 0.3) is 0 Å². The van der Waals surface area contributed by atoms with E-state index in [1.165, 1.54) is 0 Å². The maximum absolute atomic E-state index is 10.1. The molecule has 1 aromatic rings. The van der Waals surface area contributed by atoms with Crippen molar-refractivity contribution in [2.24, 2.45) is 11.7 Å². The molecule has 0 radical (unpaired) electrons. The van der Waals surface area contributed by atoms with Crippen molar-refractivity contribution in [1.82, 2.24) is 0 Å². The molecular formula is C12H20N2O2. The van der Waals surface area contributed by atoms with E-state index in [4.69, 9.17) is 16.6 Å². The molecule has 0 fully saturated rings. The molecule has 0 aromatic heterocycles. The van der Waals surface area contributed by atoms with Gasteiger partial charge in [0, 0.05) is 5.69 Å². The Hall–Kier alpha value is -1.55. The molecule has 1 unspecified atom stereocenters. The van der Waals surface area contributed by atoms with E-state index < -0.39 is 12.0 Å². The van der Waals surface area contributed by atoms with Crippen LogP contribution in [0.1, 0.15) is 20.3 Å². The Morgan fingerprint density at radius 2 is 1.81 bits per heavy atom. The van der Waals surface area contributed by atoms with Crippen LogP contribution >= 0.6 is 0 Å². The van der Waals surface area contributed by atoms with Crippen LogP contribution in [-0.2, 0) is 4.79 Å². The first-order valence-electron chi connectivity index (χ1n) is 5.22. The number of carboxylic acid groups (broad SMARTS) is 1. The van der Waals surface area contributed by atoms with E-state index >= 15 is 0 Å². The van der Waals surface area contributed by atoms with Crippen molar-refractivity contribution >= 4 is 11.7 Å². The summed E-state index contributed by atoms with van der Waals surface area (Å²) in [5.74, 6) is -0.556. The van der Waals surface area contributed by atoms with Crippen LogP contribution in [0, 0.1) is 5.92 Å². The van der Waals surface area contributed by atoms with Gasteiger partial charge in [0.1, 0.15) is 6.04 Å². The zero-order valence-electron chi connectivity index (χ0n) is 9.76. The number of hydrogen-bond donors (Lipinski definition) is 3. The Bertz CT molecular complexity index is 299. The minimum Gasteiger partial charge on any atom is -0.480 e. The molecular weight excluding hydrogens is 204 g/mol. The number of rotatable bonds is 3. The van der Waals surface area contributed by atoms with Crippen LogP contribution in [0.2, 0.25) is 0 Å². The number of carboxylic acids is 1. The number of carbonyl (C=O) groups is 1. The quantitative estimate of drug-likeness (QED) is 0.682. The van der Waals surface area contributed by atoms with Gasteiger partial charge in [-0.25, -0.2) is 0 Å². The molecule has 1 aromatic carbocycles. The molecule has 0 spiro atoms. The summed E-state index contributed by atoms with van der Waals surface area (Å²) in [4.78, 5) is 10.1. The lowest BCUT2D eigenvalue weighted by Gasteiger charge is -2.07. The van der Waals surface area contributed by atoms with Crippen LogP contribution < -0.4 is 11.5 Å². The van der Waals surface area contributed by atoms with Gasteiger partial charge in [-0.2, -0.15) is 0 Å². The van der Waals surface area contributed by atoms with Gasteiger partial charge in [-0.3, -0.25) is 4.79 Å². The van der Waals surface area contributed by atoms with Crippen molar-refractivity contribution < 1.29 is 9.90 Å². The van der Waals surface area contributed by atoms with Crippen molar-refractivity contribution in [2.75, 3.05) is 5.73 Å². The van der Waals surface area contributed by atoms with Crippen molar-refractivity contribution in [1.29, 1.82) is 0 Å². The first-order valence-corrected chi connectivity index (χ1v) is 5.22. The lowest BCUT2D eigenvalue weighted by molar-refractivity contribution is -0.138. The molecule has 1 rings (SSSR count). The standard InChI is InChI=1S/C6H13NO2.C6H7N/c1-4(2)3-5(7)6(8)9;7-6-4-2-1-3-5-6/h4-5H,3,7H2,1-2H3,(H,8,9);1-5H,7H2. The van der Waals surface area contributed by atoms with Crippen LogP contribution in [0.15, 0.2) is 30.3 Å². The van der Waals surface area contributed by atoms with Crippen molar-refractivity contribution in [2.45, 2.75) is 26.3 Å². The van der Waals surface area contributed by atoms with Gasteiger partial charge in [0.05, 0.1) is 0 Å². The number of para-hydroxylation sites is 1. The summed E-state index contributed by atoms with van der Waals surface area (Å²) in [5, 5.41) is 8.31. The van der Waals surface area contributed by atoms with Gasteiger partial charge in [0.2, 0.25) is 0 Å². The van der Waals surface area contributed by atoms with Gasteiger partial charge in [-0.05, 0) is 24.5 Å². The second-order valence-electron chi connectivity index (χ2n) is 3.98. The van der Waals surface area contributed by atoms with E-state index in [1.807, 2.05) is 44.2 Å². The number of nitrogen functional groups attached to an aromatic ring is 1. The average molecular weight is 224 g/mol. The van der Waals surface area contributed by atoms with Crippen LogP contribution in [0.3, 0.4) is 0 Å². The first-order chi connectivity index (χ1) is 7.43. The SMILES string of the molecule is CC(C)CC(N)C(=O)O.Nc1ccccc1. The number of hydrogen-bond acceptors (Lipinski definition) is 3. The molecule has 0 aliphatic heterocycles. The number of anilines is 1. The van der Waals surface area contributed by atoms with E-state index in [-0.39, 0.29) is 0 Å². The average Bonchev–Trinajstić information content (AvgIpc) is 2.18. The minimum absolute atomic E-state index is 0.357. The van der Waals surface area contributed by atoms with Crippen LogP contribution in [0.25, 0.3) is 0 Å². The highest BCUT2D eigenvalue weighted by atomic mass is 16.4. The first kappa shape index (κ1) is 14.5. The maximum atomic E-state index is 10.1. The monoisotopic (exact) mass is 224 g/mol. The van der Waals surface area contributed by atoms with Crippen molar-refractivity contribution in [3.63, 3.8) is 0 Å². The van der Waals surface area contributed by atoms with Gasteiger partial charge in [-0.15, -0.1) is 0 Å². The fraction of sp³-hybridized carbons (Fsp3) is 0.417. The van der Waals surface area contributed by atoms with E-state index in [0.29, 0.717) is 12.3 Å². The summed E-state index contributed by atoms with van der Waals surface area (Å²) in [6, 6.07) is 8.80. The molecule has 1 atom stereocenters. The second kappa shape index (κ2) is 7.70. The molecule has 0 amide bonds. The molecule has 0 heterocycles. The molecule has 0 saturated heterocycles. The van der Waals surface area contributed by atoms with Crippen LogP contribution in [-0.4, -0.2) is 17.1 Å². The molecule has 4 heteroatoms. The molecule has 0 saturated carbocycles. The fourth-order valence-electron chi connectivity index (χ4n) is 1.06. The zero-order chi connectivity index (χ0) is 12.6. The summed E-state index contributed by atoms with van der Waals surface area (Å²) < 4.78 is 0. The van der Waals surface area contributed by atoms with Gasteiger partial charge in [0.15, 0.2) is 0 Å². The van der Waals surface area contributed by atoms with E-state index in [9.17, 15) is 4.79 Å². The van der Waals surface area contributed by atoms with Gasteiger partial charge >= 0.3 is 5.97 Å². The third kappa shape index (κ3) is 7.82. The summed E-state index contributed by atoms with van der Waals surface area (Å²) in [6.45, 7) is 3.89. The highest BCUT2D eigenvalue weighted by molar-refractivity contribution is 5.72. The predicted octanol–water partition coefficient (Wildman–Crippen LogP) is 1.71. The number of benzene rings is 1. The Labute approximate surface area is 96.3 Å². The van der Waals surface area contributed by atoms with E-state index in [2.05, 4.69) is 0 Å². The largest absolute Gasteiger partial charge is 0.480 e. The molecule has 0 aliphatic carbocycles. The highest BCUT2D eigenvalue weighted by Gasteiger charge is 2.11. The molecule has 0 bridgehead atoms. The maximum Gasteiger partial charge on any atom is 0.320 e. The van der Waals surface area contributed by atoms with Crippen molar-refractivity contribution in [3.05, 3.63) is 30.3 Å². The minimum atomic E-state index is -0.913. The summed E-state index contributed by atoms with van der Waals surface area (Å²) >= 11 is 0. The smallest absolute Gasteiger partial charge is 0.320 e. The Morgan fingerprint density at radius 3 is 2.00 bits per heavy atom. The van der Waals surface area contributed by atoms with E-state index in [0.717, 1.165) is 5.69 Å². The third-order valence-electron chi connectivity index (χ3n) is 1.84. The van der Waals surface area contributed by atoms with Crippen LogP contribution in [0.4, 0.5) is 5.69 Å². The second-order valence-corrected chi connectivity index (χ2v) is 3.98. The lowest BCUT2D eigenvalue weighted by atomic mass is 10.1. The molecule has 0 aliphatic rings. The zero-order valence-corrected chi connectivity index (χ0v) is 9.76. The Kier molecular flexibility index (Phi) is 6.96. The predicted molar refractivity (Wildman–Crippen MR) is 65.9 cm³/mol.